The van der Waals surface area contributed by atoms with Crippen LogP contribution in [0.5, 0.6) is 0 Å². The summed E-state index contributed by atoms with van der Waals surface area (Å²) in [6.07, 6.45) is 5.94. The van der Waals surface area contributed by atoms with Gasteiger partial charge in [0, 0.05) is 17.8 Å². The van der Waals surface area contributed by atoms with Crippen LogP contribution in [-0.2, 0) is 4.74 Å². The number of benzene rings is 1. The van der Waals surface area contributed by atoms with Crippen LogP contribution in [0.3, 0.4) is 0 Å². The second-order valence-electron chi connectivity index (χ2n) is 6.69. The Balaban J connectivity index is 1.73. The van der Waals surface area contributed by atoms with Crippen molar-refractivity contribution >= 4 is 23.4 Å². The fraction of sp³-hybridized carbons (Fsp3) is 0.400. The molecule has 0 radical (unpaired) electrons. The molecule has 27 heavy (non-hydrogen) atoms. The van der Waals surface area contributed by atoms with Crippen molar-refractivity contribution in [2.45, 2.75) is 45.1 Å². The number of nitrogens with zero attached hydrogens (tertiary/aromatic N) is 2. The molecule has 7 nitrogen and oxygen atoms in total. The molecular formula is C20H24N4O3. The topological polar surface area (TPSA) is 93.2 Å². The molecule has 3 rings (SSSR count). The summed E-state index contributed by atoms with van der Waals surface area (Å²) in [6, 6.07) is 8.64. The van der Waals surface area contributed by atoms with E-state index in [9.17, 15) is 9.59 Å². The minimum atomic E-state index is -0.456. The van der Waals surface area contributed by atoms with E-state index in [2.05, 4.69) is 20.6 Å². The first kappa shape index (κ1) is 18.8. The molecular weight excluding hydrogens is 344 g/mol. The van der Waals surface area contributed by atoms with Crippen LogP contribution in [0.15, 0.2) is 30.3 Å². The Morgan fingerprint density at radius 1 is 1.11 bits per heavy atom. The average Bonchev–Trinajstić information content (AvgIpc) is 2.68. The number of nitrogens with one attached hydrogen (secondary N) is 2. The lowest BCUT2D eigenvalue weighted by molar-refractivity contribution is 0.0600. The van der Waals surface area contributed by atoms with E-state index in [0.717, 1.165) is 12.8 Å². The van der Waals surface area contributed by atoms with Crippen LogP contribution in [0.4, 0.5) is 11.5 Å². The second-order valence-corrected chi connectivity index (χ2v) is 6.69. The van der Waals surface area contributed by atoms with Crippen LogP contribution < -0.4 is 10.6 Å². The van der Waals surface area contributed by atoms with Crippen molar-refractivity contribution in [2.24, 2.45) is 0 Å². The normalized spacial score (nSPS) is 14.4. The summed E-state index contributed by atoms with van der Waals surface area (Å²) < 4.78 is 4.70. The third-order valence-electron chi connectivity index (χ3n) is 4.57. The van der Waals surface area contributed by atoms with E-state index >= 15 is 0 Å². The van der Waals surface area contributed by atoms with Gasteiger partial charge < -0.3 is 15.4 Å². The molecule has 0 atom stereocenters. The number of amides is 1. The van der Waals surface area contributed by atoms with Crippen molar-refractivity contribution in [1.29, 1.82) is 0 Å². The number of aryl methyl sites for hydroxylation is 1. The quantitative estimate of drug-likeness (QED) is 0.784. The third kappa shape index (κ3) is 5.03. The highest BCUT2D eigenvalue weighted by Gasteiger charge is 2.16. The van der Waals surface area contributed by atoms with Crippen molar-refractivity contribution in [1.82, 2.24) is 9.97 Å². The first-order chi connectivity index (χ1) is 13.0. The molecule has 1 aromatic carbocycles. The highest BCUT2D eigenvalue weighted by atomic mass is 16.5. The first-order valence-corrected chi connectivity index (χ1v) is 9.17. The number of rotatable bonds is 5. The van der Waals surface area contributed by atoms with E-state index in [1.165, 1.54) is 26.4 Å². The lowest BCUT2D eigenvalue weighted by atomic mass is 9.95. The Bertz CT molecular complexity index is 832. The zero-order valence-corrected chi connectivity index (χ0v) is 15.6. The van der Waals surface area contributed by atoms with Crippen LogP contribution in [0.1, 0.15) is 58.8 Å². The lowest BCUT2D eigenvalue weighted by Gasteiger charge is -2.23. The van der Waals surface area contributed by atoms with E-state index in [1.807, 2.05) is 0 Å². The molecule has 0 saturated heterocycles. The zero-order valence-electron chi connectivity index (χ0n) is 15.6. The van der Waals surface area contributed by atoms with Gasteiger partial charge >= 0.3 is 5.97 Å². The third-order valence-corrected chi connectivity index (χ3v) is 4.57. The Morgan fingerprint density at radius 3 is 2.63 bits per heavy atom. The first-order valence-electron chi connectivity index (χ1n) is 9.17. The summed E-state index contributed by atoms with van der Waals surface area (Å²) in [6.45, 7) is 1.76. The van der Waals surface area contributed by atoms with Crippen LogP contribution >= 0.6 is 0 Å². The molecule has 2 aromatic rings. The number of carbonyl (C=O) groups is 2. The molecule has 1 fully saturated rings. The SMILES string of the molecule is COC(=O)c1cccc(NC(=O)c2cc(NC3CCCCC3)nc(C)n2)c1. The molecule has 0 spiro atoms. The highest BCUT2D eigenvalue weighted by molar-refractivity contribution is 6.04. The maximum atomic E-state index is 12.6. The van der Waals surface area contributed by atoms with Crippen molar-refractivity contribution in [3.8, 4) is 0 Å². The fourth-order valence-corrected chi connectivity index (χ4v) is 3.25. The van der Waals surface area contributed by atoms with Gasteiger partial charge in [-0.05, 0) is 38.0 Å². The predicted molar refractivity (Wildman–Crippen MR) is 103 cm³/mol. The van der Waals surface area contributed by atoms with Crippen molar-refractivity contribution in [3.63, 3.8) is 0 Å². The summed E-state index contributed by atoms with van der Waals surface area (Å²) >= 11 is 0. The van der Waals surface area contributed by atoms with Crippen molar-refractivity contribution in [2.75, 3.05) is 17.7 Å². The van der Waals surface area contributed by atoms with Gasteiger partial charge in [0.25, 0.3) is 5.91 Å². The van der Waals surface area contributed by atoms with Gasteiger partial charge in [-0.25, -0.2) is 14.8 Å². The van der Waals surface area contributed by atoms with Gasteiger partial charge in [-0.15, -0.1) is 0 Å². The number of anilines is 2. The molecule has 1 amide bonds. The summed E-state index contributed by atoms with van der Waals surface area (Å²) in [5.41, 5.74) is 1.15. The Labute approximate surface area is 158 Å². The number of methoxy groups -OCH3 is 1. The highest BCUT2D eigenvalue weighted by Crippen LogP contribution is 2.21. The number of hydrogen-bond acceptors (Lipinski definition) is 6. The Morgan fingerprint density at radius 2 is 1.89 bits per heavy atom. The molecule has 0 aliphatic heterocycles. The average molecular weight is 368 g/mol. The monoisotopic (exact) mass is 368 g/mol. The van der Waals surface area contributed by atoms with Gasteiger partial charge in [-0.2, -0.15) is 0 Å². The number of hydrogen-bond donors (Lipinski definition) is 2. The van der Waals surface area contributed by atoms with E-state index in [4.69, 9.17) is 4.74 Å². The van der Waals surface area contributed by atoms with Crippen LogP contribution in [0, 0.1) is 6.92 Å². The molecule has 7 heteroatoms. The smallest absolute Gasteiger partial charge is 0.337 e. The minimum Gasteiger partial charge on any atom is -0.465 e. The summed E-state index contributed by atoms with van der Waals surface area (Å²) in [5, 5.41) is 6.19. The summed E-state index contributed by atoms with van der Waals surface area (Å²) in [5.74, 6) is 0.393. The van der Waals surface area contributed by atoms with E-state index in [-0.39, 0.29) is 11.6 Å². The van der Waals surface area contributed by atoms with E-state index in [1.54, 1.807) is 37.3 Å². The molecule has 1 aromatic heterocycles. The Hall–Kier alpha value is -2.96. The van der Waals surface area contributed by atoms with E-state index < -0.39 is 5.97 Å². The molecule has 1 heterocycles. The number of ether oxygens (including phenoxy) is 1. The molecule has 1 aliphatic carbocycles. The number of aromatic nitrogens is 2. The molecule has 0 unspecified atom stereocenters. The summed E-state index contributed by atoms with van der Waals surface area (Å²) in [4.78, 5) is 32.9. The van der Waals surface area contributed by atoms with Gasteiger partial charge in [0.1, 0.15) is 17.3 Å². The van der Waals surface area contributed by atoms with Gasteiger partial charge in [0.05, 0.1) is 12.7 Å². The fourth-order valence-electron chi connectivity index (χ4n) is 3.25. The van der Waals surface area contributed by atoms with Gasteiger partial charge in [-0.3, -0.25) is 4.79 Å². The number of esters is 1. The van der Waals surface area contributed by atoms with Gasteiger partial charge in [0.15, 0.2) is 0 Å². The lowest BCUT2D eigenvalue weighted by Crippen LogP contribution is -2.24. The number of carbonyl (C=O) groups excluding carboxylic acids is 2. The molecule has 1 aliphatic rings. The maximum Gasteiger partial charge on any atom is 0.337 e. The molecule has 142 valence electrons. The maximum absolute atomic E-state index is 12.6. The van der Waals surface area contributed by atoms with Crippen LogP contribution in [-0.4, -0.2) is 35.0 Å². The molecule has 2 N–H and O–H groups in total. The van der Waals surface area contributed by atoms with Gasteiger partial charge in [0.2, 0.25) is 0 Å². The summed E-state index contributed by atoms with van der Waals surface area (Å²) in [7, 11) is 1.32. The van der Waals surface area contributed by atoms with Crippen molar-refractivity contribution in [3.05, 3.63) is 47.4 Å². The Kier molecular flexibility index (Phi) is 6.01. The molecule has 0 bridgehead atoms. The second kappa shape index (κ2) is 8.62. The molecule has 1 saturated carbocycles. The largest absolute Gasteiger partial charge is 0.465 e. The van der Waals surface area contributed by atoms with Gasteiger partial charge in [-0.1, -0.05) is 25.3 Å². The van der Waals surface area contributed by atoms with Crippen LogP contribution in [0.2, 0.25) is 0 Å². The van der Waals surface area contributed by atoms with Crippen LogP contribution in [0.25, 0.3) is 0 Å². The standard InChI is InChI=1S/C20H24N4O3/c1-13-21-17(12-18(22-13)23-15-8-4-3-5-9-15)19(25)24-16-10-6-7-14(11-16)20(26)27-2/h6-7,10-12,15H,3-5,8-9H2,1-2H3,(H,24,25)(H,21,22,23). The van der Waals surface area contributed by atoms with Crippen molar-refractivity contribution < 1.29 is 14.3 Å². The van der Waals surface area contributed by atoms with E-state index in [0.29, 0.717) is 28.9 Å². The predicted octanol–water partition coefficient (Wildman–Crippen LogP) is 3.57. The minimum absolute atomic E-state index is 0.282. The zero-order chi connectivity index (χ0) is 19.2.